The molecule has 2 aromatic rings. The van der Waals surface area contributed by atoms with Gasteiger partial charge in [0.15, 0.2) is 0 Å². The van der Waals surface area contributed by atoms with Crippen LogP contribution in [0.5, 0.6) is 5.75 Å². The van der Waals surface area contributed by atoms with E-state index in [1.54, 1.807) is 30.3 Å². The van der Waals surface area contributed by atoms with Crippen molar-refractivity contribution in [1.82, 2.24) is 10.2 Å². The van der Waals surface area contributed by atoms with Crippen molar-refractivity contribution in [2.24, 2.45) is 0 Å². The summed E-state index contributed by atoms with van der Waals surface area (Å²) in [5, 5.41) is 2.59. The van der Waals surface area contributed by atoms with Crippen LogP contribution in [0.15, 0.2) is 53.4 Å². The number of imide groups is 1. The lowest BCUT2D eigenvalue weighted by atomic mass is 10.2. The van der Waals surface area contributed by atoms with Gasteiger partial charge in [-0.15, -0.1) is 0 Å². The standard InChI is InChI=1S/C20H15ClF2N2O4S/c21-13-7-5-12(6-8-13)11-16-18(27)25(20(28)30-16)10-9-24-17(26)14-3-1-2-4-15(14)29-19(22)23/h1-8,11,19H,9-10H2,(H,24,26)/b16-11-. The number of para-hydroxylation sites is 1. The van der Waals surface area contributed by atoms with E-state index in [2.05, 4.69) is 10.1 Å². The van der Waals surface area contributed by atoms with Crippen LogP contribution in [0.1, 0.15) is 15.9 Å². The molecule has 1 heterocycles. The van der Waals surface area contributed by atoms with E-state index in [9.17, 15) is 23.2 Å². The number of ether oxygens (including phenoxy) is 1. The minimum Gasteiger partial charge on any atom is -0.434 e. The quantitative estimate of drug-likeness (QED) is 0.630. The zero-order valence-corrected chi connectivity index (χ0v) is 16.9. The van der Waals surface area contributed by atoms with Crippen LogP contribution in [0.25, 0.3) is 6.08 Å². The Balaban J connectivity index is 1.60. The molecule has 0 aromatic heterocycles. The Hall–Kier alpha value is -2.91. The molecule has 1 aliphatic heterocycles. The molecule has 1 N–H and O–H groups in total. The number of alkyl halides is 2. The Morgan fingerprint density at radius 1 is 1.17 bits per heavy atom. The second-order valence-corrected chi connectivity index (χ2v) is 7.45. The Morgan fingerprint density at radius 2 is 1.87 bits per heavy atom. The van der Waals surface area contributed by atoms with E-state index in [1.165, 1.54) is 24.3 Å². The Bertz CT molecular complexity index is 999. The highest BCUT2D eigenvalue weighted by Gasteiger charge is 2.34. The van der Waals surface area contributed by atoms with Gasteiger partial charge in [0.05, 0.1) is 10.5 Å². The number of carbonyl (C=O) groups is 3. The average molecular weight is 453 g/mol. The van der Waals surface area contributed by atoms with Gasteiger partial charge in [-0.3, -0.25) is 19.3 Å². The van der Waals surface area contributed by atoms with Crippen molar-refractivity contribution >= 4 is 46.5 Å². The molecular formula is C20H15ClF2N2O4S. The number of rotatable bonds is 7. The number of hydrogen-bond acceptors (Lipinski definition) is 5. The molecule has 3 rings (SSSR count). The summed E-state index contributed by atoms with van der Waals surface area (Å²) in [5.74, 6) is -1.40. The molecule has 1 saturated heterocycles. The molecule has 156 valence electrons. The van der Waals surface area contributed by atoms with Gasteiger partial charge in [0.1, 0.15) is 5.75 Å². The smallest absolute Gasteiger partial charge is 0.387 e. The van der Waals surface area contributed by atoms with Crippen molar-refractivity contribution < 1.29 is 27.9 Å². The van der Waals surface area contributed by atoms with E-state index >= 15 is 0 Å². The van der Waals surface area contributed by atoms with Gasteiger partial charge in [0.2, 0.25) is 0 Å². The lowest BCUT2D eigenvalue weighted by Crippen LogP contribution is -2.37. The van der Waals surface area contributed by atoms with Crippen molar-refractivity contribution in [2.75, 3.05) is 13.1 Å². The molecule has 6 nitrogen and oxygen atoms in total. The maximum absolute atomic E-state index is 12.5. The Kier molecular flexibility index (Phi) is 7.07. The molecule has 10 heteroatoms. The van der Waals surface area contributed by atoms with Crippen LogP contribution in [0.3, 0.4) is 0 Å². The predicted octanol–water partition coefficient (Wildman–Crippen LogP) is 4.41. The molecule has 2 aromatic carbocycles. The third-order valence-corrected chi connectivity index (χ3v) is 5.17. The summed E-state index contributed by atoms with van der Waals surface area (Å²) < 4.78 is 29.3. The van der Waals surface area contributed by atoms with Gasteiger partial charge < -0.3 is 10.1 Å². The molecule has 0 atom stereocenters. The van der Waals surface area contributed by atoms with Crippen molar-refractivity contribution in [1.29, 1.82) is 0 Å². The summed E-state index contributed by atoms with van der Waals surface area (Å²) in [7, 11) is 0. The van der Waals surface area contributed by atoms with E-state index in [4.69, 9.17) is 11.6 Å². The van der Waals surface area contributed by atoms with Crippen molar-refractivity contribution in [3.8, 4) is 5.75 Å². The summed E-state index contributed by atoms with van der Waals surface area (Å²) in [5.41, 5.74) is 0.642. The van der Waals surface area contributed by atoms with E-state index in [0.717, 1.165) is 16.7 Å². The monoisotopic (exact) mass is 452 g/mol. The van der Waals surface area contributed by atoms with Gasteiger partial charge in [-0.05, 0) is 47.7 Å². The second-order valence-electron chi connectivity index (χ2n) is 6.02. The number of hydrogen-bond donors (Lipinski definition) is 1. The first-order valence-electron chi connectivity index (χ1n) is 8.68. The molecule has 30 heavy (non-hydrogen) atoms. The zero-order valence-electron chi connectivity index (χ0n) is 15.3. The summed E-state index contributed by atoms with van der Waals surface area (Å²) in [4.78, 5) is 38.2. The molecule has 0 unspecified atom stereocenters. The van der Waals surface area contributed by atoms with Crippen molar-refractivity contribution in [3.63, 3.8) is 0 Å². The summed E-state index contributed by atoms with van der Waals surface area (Å²) in [6, 6.07) is 12.3. The molecular weight excluding hydrogens is 438 g/mol. The van der Waals surface area contributed by atoms with Crippen LogP contribution in [-0.4, -0.2) is 41.7 Å². The topological polar surface area (TPSA) is 75.7 Å². The average Bonchev–Trinajstić information content (AvgIpc) is 2.97. The summed E-state index contributed by atoms with van der Waals surface area (Å²) in [6.07, 6.45) is 1.58. The SMILES string of the molecule is O=C(NCCN1C(=O)S/C(=C\c2ccc(Cl)cc2)C1=O)c1ccccc1OC(F)F. The highest BCUT2D eigenvalue weighted by atomic mass is 35.5. The second kappa shape index (κ2) is 9.73. The fraction of sp³-hybridized carbons (Fsp3) is 0.150. The maximum atomic E-state index is 12.5. The lowest BCUT2D eigenvalue weighted by molar-refractivity contribution is -0.122. The molecule has 0 bridgehead atoms. The van der Waals surface area contributed by atoms with Crippen LogP contribution in [-0.2, 0) is 4.79 Å². The first-order valence-corrected chi connectivity index (χ1v) is 9.87. The molecule has 0 saturated carbocycles. The normalized spacial score (nSPS) is 15.2. The van der Waals surface area contributed by atoms with E-state index < -0.39 is 23.7 Å². The molecule has 0 aliphatic carbocycles. The maximum Gasteiger partial charge on any atom is 0.387 e. The van der Waals surface area contributed by atoms with Crippen LogP contribution in [0.2, 0.25) is 5.02 Å². The number of benzene rings is 2. The number of nitrogens with one attached hydrogen (secondary N) is 1. The number of nitrogens with zero attached hydrogens (tertiary/aromatic N) is 1. The Labute approximate surface area is 179 Å². The predicted molar refractivity (Wildman–Crippen MR) is 110 cm³/mol. The van der Waals surface area contributed by atoms with Gasteiger partial charge in [0.25, 0.3) is 17.1 Å². The fourth-order valence-electron chi connectivity index (χ4n) is 2.63. The first kappa shape index (κ1) is 21.8. The fourth-order valence-corrected chi connectivity index (χ4v) is 3.62. The van der Waals surface area contributed by atoms with Gasteiger partial charge in [-0.1, -0.05) is 35.9 Å². The molecule has 0 radical (unpaired) electrons. The number of thioether (sulfide) groups is 1. The molecule has 1 fully saturated rings. The van der Waals surface area contributed by atoms with Gasteiger partial charge in [-0.2, -0.15) is 8.78 Å². The van der Waals surface area contributed by atoms with Crippen LogP contribution in [0.4, 0.5) is 13.6 Å². The van der Waals surface area contributed by atoms with Gasteiger partial charge in [-0.25, -0.2) is 0 Å². The Morgan fingerprint density at radius 3 is 2.57 bits per heavy atom. The van der Waals surface area contributed by atoms with Crippen LogP contribution < -0.4 is 10.1 Å². The third kappa shape index (κ3) is 5.37. The van der Waals surface area contributed by atoms with Crippen LogP contribution >= 0.6 is 23.4 Å². The minimum absolute atomic E-state index is 0.0475. The first-order chi connectivity index (χ1) is 14.3. The van der Waals surface area contributed by atoms with Gasteiger partial charge in [0, 0.05) is 18.1 Å². The largest absolute Gasteiger partial charge is 0.434 e. The van der Waals surface area contributed by atoms with E-state index in [0.29, 0.717) is 10.6 Å². The number of carbonyl (C=O) groups excluding carboxylic acids is 3. The molecule has 3 amide bonds. The number of halogens is 3. The highest BCUT2D eigenvalue weighted by Crippen LogP contribution is 2.32. The van der Waals surface area contributed by atoms with E-state index in [1.807, 2.05) is 0 Å². The van der Waals surface area contributed by atoms with Gasteiger partial charge >= 0.3 is 6.61 Å². The highest BCUT2D eigenvalue weighted by molar-refractivity contribution is 8.18. The molecule has 1 aliphatic rings. The third-order valence-electron chi connectivity index (χ3n) is 4.01. The van der Waals surface area contributed by atoms with E-state index in [-0.39, 0.29) is 29.3 Å². The molecule has 0 spiro atoms. The minimum atomic E-state index is -3.07. The van der Waals surface area contributed by atoms with Crippen molar-refractivity contribution in [2.45, 2.75) is 6.61 Å². The van der Waals surface area contributed by atoms with Crippen molar-refractivity contribution in [3.05, 3.63) is 69.6 Å². The van der Waals surface area contributed by atoms with Crippen LogP contribution in [0, 0.1) is 0 Å². The number of amides is 3. The zero-order chi connectivity index (χ0) is 21.7. The lowest BCUT2D eigenvalue weighted by Gasteiger charge is -2.14. The summed E-state index contributed by atoms with van der Waals surface area (Å²) >= 11 is 6.62. The summed E-state index contributed by atoms with van der Waals surface area (Å²) in [6.45, 7) is -3.18.